The molecule has 4 nitrogen and oxygen atoms in total. The minimum absolute atomic E-state index is 0.137. The van der Waals surface area contributed by atoms with E-state index in [4.69, 9.17) is 10.5 Å². The fourth-order valence-corrected chi connectivity index (χ4v) is 1.77. The number of nitrogens with one attached hydrogen (secondary N) is 1. The van der Waals surface area contributed by atoms with Crippen molar-refractivity contribution in [3.05, 3.63) is 24.0 Å². The molecule has 1 aromatic rings. The Morgan fingerprint density at radius 3 is 2.63 bits per heavy atom. The molecule has 1 rings (SSSR count). The highest BCUT2D eigenvalue weighted by Gasteiger charge is 2.20. The molecular formula is C14H21FN2O2. The molecule has 0 aliphatic heterocycles. The number of carbonyl (C=O) groups is 1. The van der Waals surface area contributed by atoms with Gasteiger partial charge in [0.1, 0.15) is 0 Å². The zero-order valence-corrected chi connectivity index (χ0v) is 11.6. The molecule has 0 aromatic heterocycles. The van der Waals surface area contributed by atoms with Crippen LogP contribution in [0.15, 0.2) is 18.2 Å². The third-order valence-corrected chi connectivity index (χ3v) is 2.89. The lowest BCUT2D eigenvalue weighted by molar-refractivity contribution is -0.120. The van der Waals surface area contributed by atoms with Crippen molar-refractivity contribution >= 4 is 11.6 Å². The molecule has 0 aliphatic rings. The smallest absolute Gasteiger partial charge is 0.229 e. The van der Waals surface area contributed by atoms with E-state index in [-0.39, 0.29) is 30.0 Å². The third-order valence-electron chi connectivity index (χ3n) is 2.89. The molecule has 1 aromatic carbocycles. The number of hydrogen-bond donors (Lipinski definition) is 2. The molecule has 0 bridgehead atoms. The summed E-state index contributed by atoms with van der Waals surface area (Å²) in [5, 5.41) is 2.67. The summed E-state index contributed by atoms with van der Waals surface area (Å²) in [7, 11) is 0. The van der Waals surface area contributed by atoms with Crippen molar-refractivity contribution in [3.63, 3.8) is 0 Å². The SMILES string of the molecule is CCOc1ccc(NC(=O)C(CN)C(C)C)cc1F. The Morgan fingerprint density at radius 2 is 2.16 bits per heavy atom. The number of carbonyl (C=O) groups excluding carboxylic acids is 1. The Bertz CT molecular complexity index is 435. The number of amides is 1. The molecule has 0 spiro atoms. The van der Waals surface area contributed by atoms with Gasteiger partial charge in [0.15, 0.2) is 11.6 Å². The van der Waals surface area contributed by atoms with E-state index in [1.165, 1.54) is 12.1 Å². The van der Waals surface area contributed by atoms with E-state index in [0.29, 0.717) is 12.3 Å². The van der Waals surface area contributed by atoms with Gasteiger partial charge in [-0.1, -0.05) is 13.8 Å². The number of anilines is 1. The summed E-state index contributed by atoms with van der Waals surface area (Å²) in [6, 6.07) is 4.36. The average molecular weight is 268 g/mol. The summed E-state index contributed by atoms with van der Waals surface area (Å²) < 4.78 is 18.7. The summed E-state index contributed by atoms with van der Waals surface area (Å²) >= 11 is 0. The lowest BCUT2D eigenvalue weighted by atomic mass is 9.95. The van der Waals surface area contributed by atoms with E-state index in [1.807, 2.05) is 13.8 Å². The van der Waals surface area contributed by atoms with Gasteiger partial charge >= 0.3 is 0 Å². The summed E-state index contributed by atoms with van der Waals surface area (Å²) in [6.45, 7) is 6.30. The standard InChI is InChI=1S/C14H21FN2O2/c1-4-19-13-6-5-10(7-12(13)15)17-14(18)11(8-16)9(2)3/h5-7,9,11H,4,8,16H2,1-3H3,(H,17,18). The van der Waals surface area contributed by atoms with Crippen molar-refractivity contribution in [2.45, 2.75) is 20.8 Å². The third kappa shape index (κ3) is 4.21. The minimum Gasteiger partial charge on any atom is -0.491 e. The van der Waals surface area contributed by atoms with Crippen LogP contribution in [0.4, 0.5) is 10.1 Å². The van der Waals surface area contributed by atoms with Crippen LogP contribution in [0.3, 0.4) is 0 Å². The van der Waals surface area contributed by atoms with Gasteiger partial charge in [0, 0.05) is 18.3 Å². The first kappa shape index (κ1) is 15.4. The zero-order chi connectivity index (χ0) is 14.4. The first-order valence-corrected chi connectivity index (χ1v) is 6.42. The highest BCUT2D eigenvalue weighted by atomic mass is 19.1. The van der Waals surface area contributed by atoms with Gasteiger partial charge in [-0.15, -0.1) is 0 Å². The van der Waals surface area contributed by atoms with Gasteiger partial charge in [-0.25, -0.2) is 4.39 Å². The number of ether oxygens (including phenoxy) is 1. The van der Waals surface area contributed by atoms with Crippen molar-refractivity contribution < 1.29 is 13.9 Å². The molecule has 106 valence electrons. The van der Waals surface area contributed by atoms with E-state index >= 15 is 0 Å². The van der Waals surface area contributed by atoms with Crippen molar-refractivity contribution in [1.29, 1.82) is 0 Å². The van der Waals surface area contributed by atoms with Crippen molar-refractivity contribution in [3.8, 4) is 5.75 Å². The van der Waals surface area contributed by atoms with Crippen LogP contribution in [0, 0.1) is 17.7 Å². The largest absolute Gasteiger partial charge is 0.491 e. The van der Waals surface area contributed by atoms with Gasteiger partial charge in [-0.3, -0.25) is 4.79 Å². The quantitative estimate of drug-likeness (QED) is 0.832. The monoisotopic (exact) mass is 268 g/mol. The number of benzene rings is 1. The maximum Gasteiger partial charge on any atom is 0.229 e. The molecule has 19 heavy (non-hydrogen) atoms. The second kappa shape index (κ2) is 7.09. The Labute approximate surface area is 113 Å². The molecule has 1 amide bonds. The van der Waals surface area contributed by atoms with Crippen LogP contribution in [0.5, 0.6) is 5.75 Å². The van der Waals surface area contributed by atoms with Crippen LogP contribution in [0.25, 0.3) is 0 Å². The first-order valence-electron chi connectivity index (χ1n) is 6.42. The molecule has 0 heterocycles. The normalized spacial score (nSPS) is 12.3. The Kier molecular flexibility index (Phi) is 5.76. The van der Waals surface area contributed by atoms with Gasteiger partial charge in [-0.2, -0.15) is 0 Å². The van der Waals surface area contributed by atoms with E-state index in [9.17, 15) is 9.18 Å². The number of hydrogen-bond acceptors (Lipinski definition) is 3. The first-order chi connectivity index (χ1) is 8.99. The molecule has 0 saturated carbocycles. The number of rotatable bonds is 6. The summed E-state index contributed by atoms with van der Waals surface area (Å²) in [6.07, 6.45) is 0. The molecular weight excluding hydrogens is 247 g/mol. The van der Waals surface area contributed by atoms with Gasteiger partial charge in [0.05, 0.1) is 12.5 Å². The lowest BCUT2D eigenvalue weighted by Gasteiger charge is -2.18. The topological polar surface area (TPSA) is 64.3 Å². The van der Waals surface area contributed by atoms with Gasteiger partial charge in [-0.05, 0) is 25.0 Å². The highest BCUT2D eigenvalue weighted by Crippen LogP contribution is 2.22. The minimum atomic E-state index is -0.492. The lowest BCUT2D eigenvalue weighted by Crippen LogP contribution is -2.33. The van der Waals surface area contributed by atoms with Crippen LogP contribution in [-0.4, -0.2) is 19.1 Å². The Hall–Kier alpha value is -1.62. The second-order valence-corrected chi connectivity index (χ2v) is 4.65. The van der Waals surface area contributed by atoms with Crippen LogP contribution in [-0.2, 0) is 4.79 Å². The molecule has 5 heteroatoms. The van der Waals surface area contributed by atoms with E-state index in [0.717, 1.165) is 0 Å². The fourth-order valence-electron chi connectivity index (χ4n) is 1.77. The second-order valence-electron chi connectivity index (χ2n) is 4.65. The molecule has 0 radical (unpaired) electrons. The molecule has 0 saturated heterocycles. The Balaban J connectivity index is 2.77. The van der Waals surface area contributed by atoms with Crippen LogP contribution >= 0.6 is 0 Å². The average Bonchev–Trinajstić information content (AvgIpc) is 2.33. The van der Waals surface area contributed by atoms with Crippen molar-refractivity contribution in [2.24, 2.45) is 17.6 Å². The summed E-state index contributed by atoms with van der Waals surface area (Å²) in [5.41, 5.74) is 5.97. The predicted octanol–water partition coefficient (Wildman–Crippen LogP) is 2.39. The van der Waals surface area contributed by atoms with Crippen LogP contribution < -0.4 is 15.8 Å². The zero-order valence-electron chi connectivity index (χ0n) is 11.6. The van der Waals surface area contributed by atoms with Gasteiger partial charge < -0.3 is 15.8 Å². The van der Waals surface area contributed by atoms with E-state index in [1.54, 1.807) is 13.0 Å². The van der Waals surface area contributed by atoms with Gasteiger partial charge in [0.2, 0.25) is 5.91 Å². The highest BCUT2D eigenvalue weighted by molar-refractivity contribution is 5.92. The van der Waals surface area contributed by atoms with Crippen molar-refractivity contribution in [1.82, 2.24) is 0 Å². The van der Waals surface area contributed by atoms with Crippen LogP contribution in [0.1, 0.15) is 20.8 Å². The van der Waals surface area contributed by atoms with Crippen LogP contribution in [0.2, 0.25) is 0 Å². The predicted molar refractivity (Wildman–Crippen MR) is 73.6 cm³/mol. The molecule has 3 N–H and O–H groups in total. The van der Waals surface area contributed by atoms with E-state index in [2.05, 4.69) is 5.32 Å². The Morgan fingerprint density at radius 1 is 1.47 bits per heavy atom. The number of nitrogens with two attached hydrogens (primary N) is 1. The maximum atomic E-state index is 13.6. The molecule has 0 fully saturated rings. The molecule has 1 unspecified atom stereocenters. The summed E-state index contributed by atoms with van der Waals surface area (Å²) in [5.74, 6) is -0.651. The van der Waals surface area contributed by atoms with Gasteiger partial charge in [0.25, 0.3) is 0 Å². The molecule has 1 atom stereocenters. The van der Waals surface area contributed by atoms with Crippen molar-refractivity contribution in [2.75, 3.05) is 18.5 Å². The number of halogens is 1. The summed E-state index contributed by atoms with van der Waals surface area (Å²) in [4.78, 5) is 12.0. The fraction of sp³-hybridized carbons (Fsp3) is 0.500. The maximum absolute atomic E-state index is 13.6. The molecule has 0 aliphatic carbocycles. The van der Waals surface area contributed by atoms with E-state index < -0.39 is 5.82 Å².